The summed E-state index contributed by atoms with van der Waals surface area (Å²) in [6.45, 7) is 0. The molecule has 0 N–H and O–H groups in total. The molecule has 4 heteroatoms. The summed E-state index contributed by atoms with van der Waals surface area (Å²) < 4.78 is 23.0. The summed E-state index contributed by atoms with van der Waals surface area (Å²) in [5.74, 6) is 0. The monoisotopic (exact) mass is 236 g/mol. The fourth-order valence-electron chi connectivity index (χ4n) is 0.906. The summed E-state index contributed by atoms with van der Waals surface area (Å²) in [5.41, 5.74) is 0. The topological polar surface area (TPSA) is 34.1 Å². The molecule has 0 aromatic carbocycles. The van der Waals surface area contributed by atoms with Gasteiger partial charge in [-0.15, -0.1) is 0 Å². The van der Waals surface area contributed by atoms with Crippen molar-refractivity contribution >= 4 is 25.8 Å². The average molecular weight is 237 g/mol. The van der Waals surface area contributed by atoms with Crippen molar-refractivity contribution in [1.29, 1.82) is 0 Å². The van der Waals surface area contributed by atoms with E-state index in [0.29, 0.717) is 6.42 Å². The normalized spacial score (nSPS) is 24.9. The molecular weight excluding hydrogens is 228 g/mol. The minimum absolute atomic E-state index is 0.345. The second kappa shape index (κ2) is 3.11. The van der Waals surface area contributed by atoms with E-state index in [4.69, 9.17) is 0 Å². The van der Waals surface area contributed by atoms with Gasteiger partial charge in [-0.25, -0.2) is 8.42 Å². The molecule has 1 rings (SSSR count). The molecule has 1 aliphatic carbocycles. The predicted molar refractivity (Wildman–Crippen MR) is 49.4 cm³/mol. The molecule has 1 aliphatic rings. The lowest BCUT2D eigenvalue weighted by atomic mass is 10.2. The van der Waals surface area contributed by atoms with Gasteiger partial charge in [-0.1, -0.05) is 34.2 Å². The Labute approximate surface area is 75.0 Å². The summed E-state index contributed by atoms with van der Waals surface area (Å²) in [6.07, 6.45) is 7.16. The third-order valence-corrected chi connectivity index (χ3v) is 3.56. The molecule has 0 saturated carbocycles. The van der Waals surface area contributed by atoms with Crippen LogP contribution in [0.25, 0.3) is 0 Å². The molecular formula is C7H9BrO2S. The predicted octanol–water partition coefficient (Wildman–Crippen LogP) is 1.64. The van der Waals surface area contributed by atoms with E-state index in [1.165, 1.54) is 6.26 Å². The van der Waals surface area contributed by atoms with E-state index in [-0.39, 0.29) is 5.25 Å². The van der Waals surface area contributed by atoms with Gasteiger partial charge in [-0.3, -0.25) is 0 Å². The fourth-order valence-corrected chi connectivity index (χ4v) is 2.48. The van der Waals surface area contributed by atoms with Gasteiger partial charge in [0.05, 0.1) is 5.25 Å². The highest BCUT2D eigenvalue weighted by molar-refractivity contribution is 9.11. The maximum atomic E-state index is 11.0. The first-order valence-corrected chi connectivity index (χ1v) is 5.96. The zero-order valence-electron chi connectivity index (χ0n) is 6.12. The first-order chi connectivity index (χ1) is 5.00. The van der Waals surface area contributed by atoms with E-state index in [1.54, 1.807) is 12.2 Å². The highest BCUT2D eigenvalue weighted by Gasteiger charge is 2.19. The quantitative estimate of drug-likeness (QED) is 0.694. The molecule has 0 aromatic heterocycles. The highest BCUT2D eigenvalue weighted by atomic mass is 79.9. The van der Waals surface area contributed by atoms with Gasteiger partial charge in [0.2, 0.25) is 0 Å². The Morgan fingerprint density at radius 3 is 2.64 bits per heavy atom. The number of hydrogen-bond donors (Lipinski definition) is 0. The molecule has 2 nitrogen and oxygen atoms in total. The lowest BCUT2D eigenvalue weighted by Crippen LogP contribution is -2.18. The van der Waals surface area contributed by atoms with Gasteiger partial charge < -0.3 is 0 Å². The van der Waals surface area contributed by atoms with Crippen LogP contribution in [0.1, 0.15) is 6.42 Å². The van der Waals surface area contributed by atoms with E-state index >= 15 is 0 Å². The molecule has 0 bridgehead atoms. The van der Waals surface area contributed by atoms with Crippen LogP contribution in [0.15, 0.2) is 22.7 Å². The van der Waals surface area contributed by atoms with Gasteiger partial charge in [-0.2, -0.15) is 0 Å². The highest BCUT2D eigenvalue weighted by Crippen LogP contribution is 2.22. The third-order valence-electron chi connectivity index (χ3n) is 1.55. The second-order valence-corrected chi connectivity index (χ2v) is 5.85. The molecule has 0 amide bonds. The number of sulfone groups is 1. The van der Waals surface area contributed by atoms with Gasteiger partial charge in [0, 0.05) is 6.26 Å². The summed E-state index contributed by atoms with van der Waals surface area (Å²) in [7, 11) is -2.92. The van der Waals surface area contributed by atoms with E-state index < -0.39 is 9.84 Å². The number of halogens is 1. The zero-order chi connectivity index (χ0) is 8.48. The number of rotatable bonds is 1. The molecule has 0 fully saturated rings. The molecule has 0 radical (unpaired) electrons. The molecule has 0 aliphatic heterocycles. The Bertz CT molecular complexity index is 300. The lowest BCUT2D eigenvalue weighted by Gasteiger charge is -2.12. The van der Waals surface area contributed by atoms with Crippen molar-refractivity contribution in [3.8, 4) is 0 Å². The molecule has 1 unspecified atom stereocenters. The van der Waals surface area contributed by atoms with Crippen molar-refractivity contribution in [3.63, 3.8) is 0 Å². The minimum Gasteiger partial charge on any atom is -0.229 e. The smallest absolute Gasteiger partial charge is 0.154 e. The van der Waals surface area contributed by atoms with Crippen molar-refractivity contribution < 1.29 is 8.42 Å². The molecule has 0 saturated heterocycles. The van der Waals surface area contributed by atoms with Crippen LogP contribution in [0.3, 0.4) is 0 Å². The van der Waals surface area contributed by atoms with E-state index in [9.17, 15) is 8.42 Å². The molecule has 1 atom stereocenters. The maximum absolute atomic E-state index is 11.0. The van der Waals surface area contributed by atoms with Crippen LogP contribution in [-0.4, -0.2) is 19.9 Å². The maximum Gasteiger partial charge on any atom is 0.154 e. The zero-order valence-corrected chi connectivity index (χ0v) is 8.52. The Hall–Kier alpha value is -0.0900. The van der Waals surface area contributed by atoms with Crippen LogP contribution in [0.4, 0.5) is 0 Å². The Morgan fingerprint density at radius 2 is 2.27 bits per heavy atom. The molecule has 62 valence electrons. The summed E-state index contributed by atoms with van der Waals surface area (Å²) in [5, 5.41) is -0.345. The van der Waals surface area contributed by atoms with E-state index in [0.717, 1.165) is 4.48 Å². The van der Waals surface area contributed by atoms with Crippen LogP contribution >= 0.6 is 15.9 Å². The van der Waals surface area contributed by atoms with Crippen LogP contribution in [0.2, 0.25) is 0 Å². The number of allylic oxidation sites excluding steroid dienone is 3. The van der Waals surface area contributed by atoms with E-state index in [1.807, 2.05) is 6.08 Å². The van der Waals surface area contributed by atoms with Crippen molar-refractivity contribution in [2.24, 2.45) is 0 Å². The average Bonchev–Trinajstić information content (AvgIpc) is 1.86. The molecule has 0 spiro atoms. The third kappa shape index (κ3) is 2.45. The molecule has 0 aromatic rings. The van der Waals surface area contributed by atoms with Crippen LogP contribution in [0.5, 0.6) is 0 Å². The molecule has 11 heavy (non-hydrogen) atoms. The van der Waals surface area contributed by atoms with E-state index in [2.05, 4.69) is 15.9 Å². The Kier molecular flexibility index (Phi) is 2.54. The lowest BCUT2D eigenvalue weighted by molar-refractivity contribution is 0.594. The largest absolute Gasteiger partial charge is 0.229 e. The van der Waals surface area contributed by atoms with Crippen molar-refractivity contribution in [1.82, 2.24) is 0 Å². The van der Waals surface area contributed by atoms with Crippen LogP contribution in [-0.2, 0) is 9.84 Å². The van der Waals surface area contributed by atoms with Gasteiger partial charge in [0.1, 0.15) is 0 Å². The van der Waals surface area contributed by atoms with Crippen LogP contribution in [0, 0.1) is 0 Å². The van der Waals surface area contributed by atoms with Crippen molar-refractivity contribution in [2.45, 2.75) is 11.7 Å². The second-order valence-electron chi connectivity index (χ2n) is 2.57. The van der Waals surface area contributed by atoms with Gasteiger partial charge >= 0.3 is 0 Å². The van der Waals surface area contributed by atoms with Crippen molar-refractivity contribution in [3.05, 3.63) is 22.7 Å². The minimum atomic E-state index is -2.92. The molecule has 0 heterocycles. The Balaban J connectivity index is 2.83. The first-order valence-electron chi connectivity index (χ1n) is 3.22. The summed E-state index contributed by atoms with van der Waals surface area (Å²) in [4.78, 5) is 0. The van der Waals surface area contributed by atoms with Gasteiger partial charge in [0.25, 0.3) is 0 Å². The van der Waals surface area contributed by atoms with Gasteiger partial charge in [-0.05, 0) is 10.9 Å². The first kappa shape index (κ1) is 9.00. The fraction of sp³-hybridized carbons (Fsp3) is 0.429. The van der Waals surface area contributed by atoms with Gasteiger partial charge in [0.15, 0.2) is 9.84 Å². The van der Waals surface area contributed by atoms with Crippen molar-refractivity contribution in [2.75, 3.05) is 6.26 Å². The van der Waals surface area contributed by atoms with Crippen LogP contribution < -0.4 is 0 Å². The Morgan fingerprint density at radius 1 is 1.64 bits per heavy atom. The number of hydrogen-bond acceptors (Lipinski definition) is 2. The SMILES string of the molecule is CS(=O)(=O)C1C=CC=C(Br)C1. The standard InChI is InChI=1S/C7H9BrO2S/c1-11(9,10)7-4-2-3-6(8)5-7/h2-4,7H,5H2,1H3. The summed E-state index contributed by atoms with van der Waals surface area (Å²) in [6, 6.07) is 0. The summed E-state index contributed by atoms with van der Waals surface area (Å²) >= 11 is 3.27.